The Morgan fingerprint density at radius 1 is 1.31 bits per heavy atom. The molecule has 0 spiro atoms. The van der Waals surface area contributed by atoms with E-state index in [2.05, 4.69) is 25.2 Å². The highest BCUT2D eigenvalue weighted by molar-refractivity contribution is 5.84. The predicted octanol–water partition coefficient (Wildman–Crippen LogP) is 3.43. The van der Waals surface area contributed by atoms with Crippen LogP contribution in [0.3, 0.4) is 0 Å². The zero-order valence-electron chi connectivity index (χ0n) is 17.4. The number of rotatable bonds is 5. The number of amides is 1. The number of nitrogens with one attached hydrogen (secondary N) is 1. The van der Waals surface area contributed by atoms with Gasteiger partial charge in [-0.2, -0.15) is 0 Å². The minimum atomic E-state index is -0.378. The van der Waals surface area contributed by atoms with Crippen molar-refractivity contribution in [3.63, 3.8) is 0 Å². The maximum absolute atomic E-state index is 12.6. The molecular formula is C23H29NO5. The van der Waals surface area contributed by atoms with Crippen LogP contribution in [0.15, 0.2) is 21.3 Å². The monoisotopic (exact) mass is 399 g/mol. The lowest BCUT2D eigenvalue weighted by Crippen LogP contribution is -2.32. The first-order chi connectivity index (χ1) is 13.8. The van der Waals surface area contributed by atoms with Crippen molar-refractivity contribution in [3.05, 3.63) is 39.2 Å². The molecule has 1 fully saturated rings. The number of hydrogen-bond donors (Lipinski definition) is 1. The molecule has 1 aromatic carbocycles. The average Bonchev–Trinajstić information content (AvgIpc) is 3.18. The Bertz CT molecular complexity index is 985. The molecule has 4 rings (SSSR count). The number of ether oxygens (including phenoxy) is 2. The standard InChI is InChI=1S/C23H29NO5/c1-14-17(6-7-21(25)24-13-16-5-4-10-27-16)22(26)28-20-12-19-15(11-18(14)20)8-9-23(2,3)29-19/h11-12,16H,4-10,13H2,1-3H3,(H,24,25)/t16-/m0/s1. The molecule has 1 atom stereocenters. The van der Waals surface area contributed by atoms with Crippen LogP contribution >= 0.6 is 0 Å². The number of carbonyl (C=O) groups is 1. The molecule has 29 heavy (non-hydrogen) atoms. The summed E-state index contributed by atoms with van der Waals surface area (Å²) < 4.78 is 17.2. The largest absolute Gasteiger partial charge is 0.487 e. The van der Waals surface area contributed by atoms with Gasteiger partial charge >= 0.3 is 5.63 Å². The van der Waals surface area contributed by atoms with E-state index in [4.69, 9.17) is 13.9 Å². The van der Waals surface area contributed by atoms with Gasteiger partial charge in [0.05, 0.1) is 6.10 Å². The normalized spacial score (nSPS) is 20.3. The van der Waals surface area contributed by atoms with Crippen molar-refractivity contribution < 1.29 is 18.7 Å². The fourth-order valence-electron chi connectivity index (χ4n) is 4.18. The molecule has 0 unspecified atom stereocenters. The molecule has 6 heteroatoms. The summed E-state index contributed by atoms with van der Waals surface area (Å²) in [7, 11) is 0. The highest BCUT2D eigenvalue weighted by atomic mass is 16.5. The lowest BCUT2D eigenvalue weighted by atomic mass is 9.92. The summed E-state index contributed by atoms with van der Waals surface area (Å²) in [6.07, 6.45) is 4.64. The van der Waals surface area contributed by atoms with Gasteiger partial charge in [-0.15, -0.1) is 0 Å². The van der Waals surface area contributed by atoms with Crippen LogP contribution in [0.2, 0.25) is 0 Å². The van der Waals surface area contributed by atoms with Gasteiger partial charge < -0.3 is 19.2 Å². The lowest BCUT2D eigenvalue weighted by Gasteiger charge is -2.32. The third-order valence-electron chi connectivity index (χ3n) is 6.00. The van der Waals surface area contributed by atoms with Gasteiger partial charge in [0.25, 0.3) is 0 Å². The fourth-order valence-corrected chi connectivity index (χ4v) is 4.18. The molecule has 1 saturated heterocycles. The molecule has 0 saturated carbocycles. The van der Waals surface area contributed by atoms with Gasteiger partial charge in [0.1, 0.15) is 16.9 Å². The third-order valence-corrected chi connectivity index (χ3v) is 6.00. The van der Waals surface area contributed by atoms with Gasteiger partial charge in [-0.05, 0) is 70.1 Å². The Labute approximate surface area is 170 Å². The lowest BCUT2D eigenvalue weighted by molar-refractivity contribution is -0.121. The third kappa shape index (κ3) is 4.32. The van der Waals surface area contributed by atoms with E-state index in [0.29, 0.717) is 24.1 Å². The van der Waals surface area contributed by atoms with Crippen LogP contribution in [0, 0.1) is 6.92 Å². The van der Waals surface area contributed by atoms with Crippen molar-refractivity contribution in [1.29, 1.82) is 0 Å². The van der Waals surface area contributed by atoms with Gasteiger partial charge in [0.2, 0.25) is 5.91 Å². The van der Waals surface area contributed by atoms with E-state index >= 15 is 0 Å². The molecule has 156 valence electrons. The van der Waals surface area contributed by atoms with Crippen molar-refractivity contribution in [1.82, 2.24) is 5.32 Å². The molecule has 6 nitrogen and oxygen atoms in total. The molecule has 1 N–H and O–H groups in total. The van der Waals surface area contributed by atoms with Gasteiger partial charge in [0, 0.05) is 36.6 Å². The number of fused-ring (bicyclic) bond motifs is 2. The molecule has 0 aliphatic carbocycles. The summed E-state index contributed by atoms with van der Waals surface area (Å²) in [5.41, 5.74) is 2.53. The quantitative estimate of drug-likeness (QED) is 0.780. The minimum Gasteiger partial charge on any atom is -0.487 e. The first-order valence-electron chi connectivity index (χ1n) is 10.5. The summed E-state index contributed by atoms with van der Waals surface area (Å²) in [4.78, 5) is 24.8. The Balaban J connectivity index is 1.51. The molecule has 2 aromatic rings. The summed E-state index contributed by atoms with van der Waals surface area (Å²) in [6, 6.07) is 3.90. The average molecular weight is 399 g/mol. The Kier molecular flexibility index (Phi) is 5.38. The number of hydrogen-bond acceptors (Lipinski definition) is 5. The Morgan fingerprint density at radius 2 is 2.14 bits per heavy atom. The number of benzene rings is 1. The van der Waals surface area contributed by atoms with Crippen LogP contribution in [-0.4, -0.2) is 30.8 Å². The summed E-state index contributed by atoms with van der Waals surface area (Å²) >= 11 is 0. The van der Waals surface area contributed by atoms with Crippen LogP contribution < -0.4 is 15.7 Å². The van der Waals surface area contributed by atoms with Crippen molar-refractivity contribution in [3.8, 4) is 5.75 Å². The zero-order chi connectivity index (χ0) is 20.6. The van der Waals surface area contributed by atoms with Crippen molar-refractivity contribution in [2.75, 3.05) is 13.2 Å². The topological polar surface area (TPSA) is 77.8 Å². The molecule has 0 bridgehead atoms. The van der Waals surface area contributed by atoms with Gasteiger partial charge in [-0.25, -0.2) is 4.79 Å². The summed E-state index contributed by atoms with van der Waals surface area (Å²) in [5, 5.41) is 3.82. The Hall–Kier alpha value is -2.34. The van der Waals surface area contributed by atoms with Crippen LogP contribution in [0.25, 0.3) is 11.0 Å². The van der Waals surface area contributed by atoms with Crippen molar-refractivity contribution in [2.24, 2.45) is 0 Å². The van der Waals surface area contributed by atoms with Gasteiger partial charge in [-0.1, -0.05) is 0 Å². The van der Waals surface area contributed by atoms with Crippen LogP contribution in [0.5, 0.6) is 5.75 Å². The van der Waals surface area contributed by atoms with E-state index in [0.717, 1.165) is 54.6 Å². The molecule has 2 aliphatic rings. The van der Waals surface area contributed by atoms with Crippen LogP contribution in [-0.2, 0) is 22.4 Å². The first-order valence-corrected chi connectivity index (χ1v) is 10.5. The van der Waals surface area contributed by atoms with E-state index in [1.54, 1.807) is 0 Å². The van der Waals surface area contributed by atoms with Crippen molar-refractivity contribution >= 4 is 16.9 Å². The van der Waals surface area contributed by atoms with Gasteiger partial charge in [-0.3, -0.25) is 4.79 Å². The second-order valence-corrected chi connectivity index (χ2v) is 8.75. The first kappa shape index (κ1) is 20.0. The molecular weight excluding hydrogens is 370 g/mol. The second kappa shape index (κ2) is 7.82. The molecule has 1 aromatic heterocycles. The van der Waals surface area contributed by atoms with E-state index < -0.39 is 0 Å². The molecule has 3 heterocycles. The van der Waals surface area contributed by atoms with E-state index in [1.165, 1.54) is 0 Å². The second-order valence-electron chi connectivity index (χ2n) is 8.75. The summed E-state index contributed by atoms with van der Waals surface area (Å²) in [5.74, 6) is 0.720. The SMILES string of the molecule is Cc1c(CCC(=O)NC[C@@H]2CCCO2)c(=O)oc2cc3c(cc12)CCC(C)(C)O3. The predicted molar refractivity (Wildman–Crippen MR) is 111 cm³/mol. The molecule has 0 radical (unpaired) electrons. The van der Waals surface area contributed by atoms with E-state index in [-0.39, 0.29) is 29.7 Å². The zero-order valence-corrected chi connectivity index (χ0v) is 17.4. The maximum Gasteiger partial charge on any atom is 0.339 e. The van der Waals surface area contributed by atoms with Crippen molar-refractivity contribution in [2.45, 2.75) is 71.0 Å². The van der Waals surface area contributed by atoms with Crippen LogP contribution in [0.1, 0.15) is 56.2 Å². The molecule has 1 amide bonds. The molecule has 2 aliphatic heterocycles. The summed E-state index contributed by atoms with van der Waals surface area (Å²) in [6.45, 7) is 7.36. The Morgan fingerprint density at radius 3 is 2.90 bits per heavy atom. The fraction of sp³-hybridized carbons (Fsp3) is 0.565. The number of carbonyl (C=O) groups excluding carboxylic acids is 1. The van der Waals surface area contributed by atoms with E-state index in [1.807, 2.05) is 13.0 Å². The number of aryl methyl sites for hydroxylation is 2. The van der Waals surface area contributed by atoms with Gasteiger partial charge in [0.15, 0.2) is 0 Å². The maximum atomic E-state index is 12.6. The highest BCUT2D eigenvalue weighted by Crippen LogP contribution is 2.36. The van der Waals surface area contributed by atoms with Crippen LogP contribution in [0.4, 0.5) is 0 Å². The smallest absolute Gasteiger partial charge is 0.339 e. The van der Waals surface area contributed by atoms with E-state index in [9.17, 15) is 9.59 Å². The minimum absolute atomic E-state index is 0.0690. The highest BCUT2D eigenvalue weighted by Gasteiger charge is 2.27.